The summed E-state index contributed by atoms with van der Waals surface area (Å²) in [5, 5.41) is 0. The molecule has 1 unspecified atom stereocenters. The van der Waals surface area contributed by atoms with Crippen LogP contribution >= 0.6 is 0 Å². The van der Waals surface area contributed by atoms with Gasteiger partial charge in [-0.2, -0.15) is 0 Å². The lowest BCUT2D eigenvalue weighted by atomic mass is 10.0. The van der Waals surface area contributed by atoms with E-state index in [4.69, 9.17) is 0 Å². The smallest absolute Gasteiger partial charge is 0.268 e. The third-order valence-corrected chi connectivity index (χ3v) is 7.02. The molecule has 7 heteroatoms. The van der Waals surface area contributed by atoms with Crippen molar-refractivity contribution in [2.24, 2.45) is 5.92 Å². The molecule has 1 aromatic rings. The molecule has 1 aliphatic heterocycles. The molecular weight excluding hydrogens is 340 g/mol. The van der Waals surface area contributed by atoms with E-state index in [1.165, 1.54) is 12.1 Å². The number of carbonyl (C=O) groups is 2. The van der Waals surface area contributed by atoms with Gasteiger partial charge in [-0.15, -0.1) is 0 Å². The molecule has 0 bridgehead atoms. The second kappa shape index (κ2) is 6.12. The van der Waals surface area contributed by atoms with Gasteiger partial charge in [-0.05, 0) is 50.8 Å². The van der Waals surface area contributed by atoms with E-state index >= 15 is 0 Å². The summed E-state index contributed by atoms with van der Waals surface area (Å²) in [5.41, 5.74) is 0.473. The lowest BCUT2D eigenvalue weighted by Crippen LogP contribution is -2.43. The zero-order valence-electron chi connectivity index (χ0n) is 15.0. The average Bonchev–Trinajstić information content (AvgIpc) is 3.36. The molecule has 1 fully saturated rings. The number of benzene rings is 1. The summed E-state index contributed by atoms with van der Waals surface area (Å²) < 4.78 is 25.9. The number of nitrogens with zero attached hydrogens (tertiary/aromatic N) is 2. The Morgan fingerprint density at radius 3 is 2.44 bits per heavy atom. The van der Waals surface area contributed by atoms with Crippen LogP contribution in [0.3, 0.4) is 0 Å². The van der Waals surface area contributed by atoms with Crippen LogP contribution in [0.5, 0.6) is 0 Å². The van der Waals surface area contributed by atoms with Crippen LogP contribution < -0.4 is 0 Å². The van der Waals surface area contributed by atoms with Crippen molar-refractivity contribution in [1.29, 1.82) is 0 Å². The SMILES string of the molecule is CCN1C(=O)c2ccc(C(=O)N(C3CC3)C(C)C(C)C)cc2S1(=O)=O. The fraction of sp³-hybridized carbons (Fsp3) is 0.556. The maximum atomic E-state index is 13.0. The summed E-state index contributed by atoms with van der Waals surface area (Å²) in [5.74, 6) is -0.380. The molecule has 136 valence electrons. The number of hydrogen-bond acceptors (Lipinski definition) is 4. The van der Waals surface area contributed by atoms with Gasteiger partial charge in [0.05, 0.1) is 5.56 Å². The van der Waals surface area contributed by atoms with Gasteiger partial charge in [0.1, 0.15) is 4.90 Å². The van der Waals surface area contributed by atoms with Crippen molar-refractivity contribution in [3.05, 3.63) is 29.3 Å². The van der Waals surface area contributed by atoms with E-state index in [0.29, 0.717) is 11.5 Å². The third-order valence-electron chi connectivity index (χ3n) is 5.12. The van der Waals surface area contributed by atoms with E-state index in [-0.39, 0.29) is 35.0 Å². The lowest BCUT2D eigenvalue weighted by Gasteiger charge is -2.32. The van der Waals surface area contributed by atoms with E-state index in [9.17, 15) is 18.0 Å². The van der Waals surface area contributed by atoms with Crippen LogP contribution in [0.15, 0.2) is 23.1 Å². The molecule has 1 aromatic carbocycles. The highest BCUT2D eigenvalue weighted by atomic mass is 32.2. The molecule has 2 amide bonds. The first kappa shape index (κ1) is 17.9. The third kappa shape index (κ3) is 2.84. The van der Waals surface area contributed by atoms with Crippen molar-refractivity contribution in [2.75, 3.05) is 6.54 Å². The van der Waals surface area contributed by atoms with Crippen LogP contribution in [0.25, 0.3) is 0 Å². The predicted molar refractivity (Wildman–Crippen MR) is 93.8 cm³/mol. The summed E-state index contributed by atoms with van der Waals surface area (Å²) in [6.45, 7) is 7.86. The number of amides is 2. The monoisotopic (exact) mass is 364 g/mol. The fourth-order valence-corrected chi connectivity index (χ4v) is 4.83. The summed E-state index contributed by atoms with van der Waals surface area (Å²) in [4.78, 5) is 27.1. The Kier molecular flexibility index (Phi) is 4.39. The van der Waals surface area contributed by atoms with E-state index in [1.54, 1.807) is 13.0 Å². The molecule has 1 aliphatic carbocycles. The van der Waals surface area contributed by atoms with Gasteiger partial charge >= 0.3 is 0 Å². The van der Waals surface area contributed by atoms with Crippen LogP contribution in [-0.4, -0.2) is 48.1 Å². The van der Waals surface area contributed by atoms with Crippen LogP contribution in [-0.2, 0) is 10.0 Å². The second-order valence-electron chi connectivity index (χ2n) is 7.11. The summed E-state index contributed by atoms with van der Waals surface area (Å²) in [6.07, 6.45) is 1.96. The first-order chi connectivity index (χ1) is 11.7. The van der Waals surface area contributed by atoms with Crippen molar-refractivity contribution in [2.45, 2.75) is 57.5 Å². The molecule has 1 atom stereocenters. The molecule has 0 radical (unpaired) electrons. The number of sulfonamides is 1. The average molecular weight is 364 g/mol. The van der Waals surface area contributed by atoms with Gasteiger partial charge in [-0.3, -0.25) is 9.59 Å². The molecule has 0 aromatic heterocycles. The van der Waals surface area contributed by atoms with Crippen molar-refractivity contribution in [3.8, 4) is 0 Å². The molecule has 1 heterocycles. The van der Waals surface area contributed by atoms with Crippen LogP contribution in [0.1, 0.15) is 61.3 Å². The fourth-order valence-electron chi connectivity index (χ4n) is 3.23. The van der Waals surface area contributed by atoms with Gasteiger partial charge in [0.15, 0.2) is 0 Å². The second-order valence-corrected chi connectivity index (χ2v) is 8.94. The van der Waals surface area contributed by atoms with E-state index in [0.717, 1.165) is 17.1 Å². The molecule has 0 N–H and O–H groups in total. The van der Waals surface area contributed by atoms with Crippen molar-refractivity contribution < 1.29 is 18.0 Å². The highest BCUT2D eigenvalue weighted by Gasteiger charge is 2.42. The van der Waals surface area contributed by atoms with Gasteiger partial charge in [-0.25, -0.2) is 12.7 Å². The molecule has 2 aliphatic rings. The molecule has 3 rings (SSSR count). The Bertz CT molecular complexity index is 827. The minimum Gasteiger partial charge on any atom is -0.333 e. The highest BCUT2D eigenvalue weighted by Crippen LogP contribution is 2.34. The Hall–Kier alpha value is -1.89. The Labute approximate surface area is 148 Å². The topological polar surface area (TPSA) is 74.8 Å². The largest absolute Gasteiger partial charge is 0.333 e. The van der Waals surface area contributed by atoms with Crippen molar-refractivity contribution in [1.82, 2.24) is 9.21 Å². The maximum Gasteiger partial charge on any atom is 0.268 e. The van der Waals surface area contributed by atoms with Gasteiger partial charge in [-0.1, -0.05) is 13.8 Å². The Morgan fingerprint density at radius 1 is 1.28 bits per heavy atom. The quantitative estimate of drug-likeness (QED) is 0.804. The lowest BCUT2D eigenvalue weighted by molar-refractivity contribution is 0.0627. The Morgan fingerprint density at radius 2 is 1.92 bits per heavy atom. The molecule has 6 nitrogen and oxygen atoms in total. The highest BCUT2D eigenvalue weighted by molar-refractivity contribution is 7.90. The van der Waals surface area contributed by atoms with Gasteiger partial charge in [0.2, 0.25) is 0 Å². The first-order valence-corrected chi connectivity index (χ1v) is 10.2. The van der Waals surface area contributed by atoms with Crippen molar-refractivity contribution >= 4 is 21.8 Å². The Balaban J connectivity index is 2.01. The minimum atomic E-state index is -3.86. The van der Waals surface area contributed by atoms with Crippen LogP contribution in [0.2, 0.25) is 0 Å². The summed E-state index contributed by atoms with van der Waals surface area (Å²) in [6, 6.07) is 4.68. The minimum absolute atomic E-state index is 0.0573. The van der Waals surface area contributed by atoms with E-state index in [1.807, 2.05) is 11.8 Å². The van der Waals surface area contributed by atoms with Crippen LogP contribution in [0.4, 0.5) is 0 Å². The number of rotatable bonds is 5. The summed E-state index contributed by atoms with van der Waals surface area (Å²) >= 11 is 0. The van der Waals surface area contributed by atoms with Gasteiger partial charge < -0.3 is 4.90 Å². The molecule has 1 saturated carbocycles. The summed E-state index contributed by atoms with van der Waals surface area (Å²) in [7, 11) is -3.86. The molecule has 0 saturated heterocycles. The normalized spacial score (nSPS) is 19.9. The maximum absolute atomic E-state index is 13.0. The van der Waals surface area contributed by atoms with Crippen molar-refractivity contribution in [3.63, 3.8) is 0 Å². The van der Waals surface area contributed by atoms with E-state index in [2.05, 4.69) is 13.8 Å². The van der Waals surface area contributed by atoms with Gasteiger partial charge in [0.25, 0.3) is 21.8 Å². The van der Waals surface area contributed by atoms with Gasteiger partial charge in [0, 0.05) is 24.2 Å². The molecule has 0 spiro atoms. The number of hydrogen-bond donors (Lipinski definition) is 0. The zero-order chi connectivity index (χ0) is 18.5. The van der Waals surface area contributed by atoms with Crippen LogP contribution in [0, 0.1) is 5.92 Å². The zero-order valence-corrected chi connectivity index (χ0v) is 15.8. The van der Waals surface area contributed by atoms with E-state index < -0.39 is 15.9 Å². The molecular formula is C18H24N2O4S. The number of carbonyl (C=O) groups excluding carboxylic acids is 2. The first-order valence-electron chi connectivity index (χ1n) is 8.74. The standard InChI is InChI=1S/C18H24N2O4S/c1-5-19-18(22)15-9-6-13(10-16(15)25(19,23)24)17(21)20(14-7-8-14)12(4)11(2)3/h6,9-12,14H,5,7-8H2,1-4H3. The predicted octanol–water partition coefficient (Wildman–Crippen LogP) is 2.50. The number of fused-ring (bicyclic) bond motifs is 1. The molecule has 25 heavy (non-hydrogen) atoms.